The molecule has 0 radical (unpaired) electrons. The Morgan fingerprint density at radius 2 is 2.00 bits per heavy atom. The maximum absolute atomic E-state index is 16.1. The van der Waals surface area contributed by atoms with Crippen molar-refractivity contribution >= 4 is 47.0 Å². The van der Waals surface area contributed by atoms with Crippen molar-refractivity contribution in [3.8, 4) is 0 Å². The van der Waals surface area contributed by atoms with Gasteiger partial charge in [0.05, 0.1) is 5.54 Å². The molecule has 1 heterocycles. The number of aliphatic imine (C=N–C) groups is 1. The van der Waals surface area contributed by atoms with E-state index in [9.17, 15) is 13.6 Å². The zero-order chi connectivity index (χ0) is 26.4. The van der Waals surface area contributed by atoms with Crippen LogP contribution in [0.4, 0.5) is 18.0 Å². The zero-order valence-corrected chi connectivity index (χ0v) is 24.7. The van der Waals surface area contributed by atoms with Gasteiger partial charge in [0.2, 0.25) is 0 Å². The van der Waals surface area contributed by atoms with Crippen LogP contribution >= 0.6 is 27.7 Å². The van der Waals surface area contributed by atoms with Crippen LogP contribution in [-0.4, -0.2) is 54.3 Å². The van der Waals surface area contributed by atoms with E-state index in [1.807, 2.05) is 0 Å². The first kappa shape index (κ1) is 28.5. The highest BCUT2D eigenvalue weighted by molar-refractivity contribution is 9.10. The lowest BCUT2D eigenvalue weighted by atomic mass is 9.65. The molecule has 1 unspecified atom stereocenters. The Morgan fingerprint density at radius 3 is 2.57 bits per heavy atom. The van der Waals surface area contributed by atoms with Crippen molar-refractivity contribution in [3.05, 3.63) is 34.1 Å². The quantitative estimate of drug-likeness (QED) is 0.194. The van der Waals surface area contributed by atoms with Crippen molar-refractivity contribution in [1.82, 2.24) is 4.90 Å². The predicted molar refractivity (Wildman–Crippen MR) is 140 cm³/mol. The van der Waals surface area contributed by atoms with Gasteiger partial charge in [-0.15, -0.1) is 0 Å². The number of alkyl halides is 2. The average Bonchev–Trinajstić information content (AvgIpc) is 2.70. The van der Waals surface area contributed by atoms with Crippen LogP contribution in [-0.2, 0) is 15.0 Å². The molecule has 1 aromatic carbocycles. The molecule has 5 nitrogen and oxygen atoms in total. The number of hydrogen-bond acceptors (Lipinski definition) is 5. The van der Waals surface area contributed by atoms with Gasteiger partial charge in [0, 0.05) is 30.6 Å². The summed E-state index contributed by atoms with van der Waals surface area (Å²) in [6.45, 7) is 13.5. The van der Waals surface area contributed by atoms with E-state index in [0.717, 1.165) is 10.9 Å². The maximum atomic E-state index is 16.1. The molecule has 196 valence electrons. The standard InChI is InChI=1S/C24H34BrF3N2O3SSi/c1-22(2,3)33-21(31)30(14-32-10-11-35(5,6)7)20-29-23(4,16-12-15(25)8-9-17(16)26)18-13-19(27)24(18,28)34-20/h8-9,12,18-19H,10-11,13-14H2,1-7H3/t18?,19-,23+,24+/m0/s1. The minimum absolute atomic E-state index is 0.0878. The van der Waals surface area contributed by atoms with E-state index in [0.29, 0.717) is 22.8 Å². The SMILES string of the molecule is CC(C)(C)OC(=O)N(COCC[Si](C)(C)C)C1=N[C@](C)(c2cc(Br)ccc2F)C2C[C@H](F)[C@]2(F)S1. The molecule has 0 spiro atoms. The molecule has 3 rings (SSSR count). The number of halogens is 4. The van der Waals surface area contributed by atoms with Crippen molar-refractivity contribution in [1.29, 1.82) is 0 Å². The van der Waals surface area contributed by atoms with Crippen LogP contribution in [0.5, 0.6) is 0 Å². The van der Waals surface area contributed by atoms with Crippen LogP contribution in [0.15, 0.2) is 27.7 Å². The van der Waals surface area contributed by atoms with Gasteiger partial charge in [-0.1, -0.05) is 35.6 Å². The molecule has 1 aliphatic heterocycles. The van der Waals surface area contributed by atoms with Crippen molar-refractivity contribution < 1.29 is 27.4 Å². The van der Waals surface area contributed by atoms with Crippen LogP contribution in [0, 0.1) is 11.7 Å². The van der Waals surface area contributed by atoms with Crippen LogP contribution in [0.3, 0.4) is 0 Å². The Labute approximate surface area is 219 Å². The predicted octanol–water partition coefficient (Wildman–Crippen LogP) is 7.48. The number of rotatable bonds is 6. The normalized spacial score (nSPS) is 28.6. The molecule has 0 N–H and O–H groups in total. The van der Waals surface area contributed by atoms with Gasteiger partial charge in [0.15, 0.2) is 10.2 Å². The van der Waals surface area contributed by atoms with E-state index in [4.69, 9.17) is 14.5 Å². The number of ether oxygens (including phenoxy) is 2. The second kappa shape index (κ2) is 10.0. The Morgan fingerprint density at radius 1 is 1.34 bits per heavy atom. The molecule has 4 atom stereocenters. The van der Waals surface area contributed by atoms with E-state index in [2.05, 4.69) is 35.6 Å². The van der Waals surface area contributed by atoms with Gasteiger partial charge in [0.25, 0.3) is 0 Å². The number of carbonyl (C=O) groups is 1. The molecule has 1 saturated carbocycles. The Kier molecular flexibility index (Phi) is 8.17. The first-order valence-electron chi connectivity index (χ1n) is 11.6. The third kappa shape index (κ3) is 6.27. The van der Waals surface area contributed by atoms with Gasteiger partial charge in [-0.2, -0.15) is 0 Å². The van der Waals surface area contributed by atoms with Gasteiger partial charge in [-0.05, 0) is 70.1 Å². The largest absolute Gasteiger partial charge is 0.443 e. The molecule has 2 aliphatic rings. The summed E-state index contributed by atoms with van der Waals surface area (Å²) in [4.78, 5) is 18.9. The number of hydrogen-bond donors (Lipinski definition) is 0. The summed E-state index contributed by atoms with van der Waals surface area (Å²) in [6, 6.07) is 5.18. The summed E-state index contributed by atoms with van der Waals surface area (Å²) in [5.74, 6) is -1.48. The van der Waals surface area contributed by atoms with Crippen LogP contribution in [0.25, 0.3) is 0 Å². The van der Waals surface area contributed by atoms with E-state index < -0.39 is 48.2 Å². The molecule has 35 heavy (non-hydrogen) atoms. The van der Waals surface area contributed by atoms with Gasteiger partial charge >= 0.3 is 6.09 Å². The topological polar surface area (TPSA) is 51.1 Å². The van der Waals surface area contributed by atoms with Gasteiger partial charge < -0.3 is 9.47 Å². The van der Waals surface area contributed by atoms with E-state index >= 15 is 4.39 Å². The molecule has 1 amide bonds. The van der Waals surface area contributed by atoms with Crippen molar-refractivity contribution in [2.45, 2.75) is 82.1 Å². The fourth-order valence-electron chi connectivity index (χ4n) is 4.06. The van der Waals surface area contributed by atoms with Crippen molar-refractivity contribution in [3.63, 3.8) is 0 Å². The number of nitrogens with zero attached hydrogens (tertiary/aromatic N) is 2. The minimum atomic E-state index is -2.36. The summed E-state index contributed by atoms with van der Waals surface area (Å²) < 4.78 is 57.7. The summed E-state index contributed by atoms with van der Waals surface area (Å²) in [5, 5.41) is -2.45. The van der Waals surface area contributed by atoms with Crippen LogP contribution < -0.4 is 0 Å². The zero-order valence-electron chi connectivity index (χ0n) is 21.3. The van der Waals surface area contributed by atoms with Crippen LogP contribution in [0.2, 0.25) is 25.7 Å². The number of fused-ring (bicyclic) bond motifs is 1. The lowest BCUT2D eigenvalue weighted by Gasteiger charge is -2.55. The summed E-state index contributed by atoms with van der Waals surface area (Å²) in [6.07, 6.45) is -2.65. The van der Waals surface area contributed by atoms with Crippen molar-refractivity contribution in [2.24, 2.45) is 10.9 Å². The van der Waals surface area contributed by atoms with Gasteiger partial charge in [0.1, 0.15) is 24.3 Å². The Bertz CT molecular complexity index is 1000. The molecule has 1 aliphatic carbocycles. The second-order valence-corrected chi connectivity index (χ2v) is 19.2. The molecule has 0 saturated heterocycles. The highest BCUT2D eigenvalue weighted by Crippen LogP contribution is 2.63. The Balaban J connectivity index is 2.03. The highest BCUT2D eigenvalue weighted by Gasteiger charge is 2.68. The van der Waals surface area contributed by atoms with E-state index in [1.54, 1.807) is 27.7 Å². The van der Waals surface area contributed by atoms with E-state index in [1.165, 1.54) is 18.2 Å². The monoisotopic (exact) mass is 594 g/mol. The molecule has 1 fully saturated rings. The number of amidine groups is 1. The number of amides is 1. The molecular formula is C24H34BrF3N2O3SSi. The van der Waals surface area contributed by atoms with E-state index in [-0.39, 0.29) is 23.9 Å². The third-order valence-corrected chi connectivity index (χ3v) is 9.68. The fraction of sp³-hybridized carbons (Fsp3) is 0.667. The third-order valence-electron chi connectivity index (χ3n) is 6.13. The lowest BCUT2D eigenvalue weighted by molar-refractivity contribution is -0.0660. The lowest BCUT2D eigenvalue weighted by Crippen LogP contribution is -2.63. The molecule has 0 bridgehead atoms. The molecule has 1 aromatic rings. The summed E-state index contributed by atoms with van der Waals surface area (Å²) in [5.41, 5.74) is -2.14. The summed E-state index contributed by atoms with van der Waals surface area (Å²) >= 11 is 3.89. The minimum Gasteiger partial charge on any atom is -0.443 e. The maximum Gasteiger partial charge on any atom is 0.418 e. The average molecular weight is 596 g/mol. The highest BCUT2D eigenvalue weighted by atomic mass is 79.9. The molecule has 0 aromatic heterocycles. The first-order chi connectivity index (χ1) is 16.0. The number of carbonyl (C=O) groups excluding carboxylic acids is 1. The smallest absolute Gasteiger partial charge is 0.418 e. The first-order valence-corrected chi connectivity index (χ1v) is 16.9. The fourth-order valence-corrected chi connectivity index (χ4v) is 6.62. The molecular weight excluding hydrogens is 561 g/mol. The molecule has 11 heteroatoms. The summed E-state index contributed by atoms with van der Waals surface area (Å²) in [7, 11) is -1.40. The van der Waals surface area contributed by atoms with Crippen molar-refractivity contribution in [2.75, 3.05) is 13.3 Å². The van der Waals surface area contributed by atoms with Gasteiger partial charge in [-0.25, -0.2) is 22.9 Å². The Hall–Kier alpha value is -1.04. The number of benzene rings is 1. The number of thioether (sulfide) groups is 1. The second-order valence-electron chi connectivity index (χ2n) is 11.5. The van der Waals surface area contributed by atoms with Crippen LogP contribution in [0.1, 0.15) is 39.7 Å². The van der Waals surface area contributed by atoms with Gasteiger partial charge in [-0.3, -0.25) is 4.99 Å².